The number of carbonyl (C=O) groups excluding carboxylic acids is 2. The molecule has 108 valence electrons. The summed E-state index contributed by atoms with van der Waals surface area (Å²) >= 11 is 1.20. The predicted molar refractivity (Wildman–Crippen MR) is 72.2 cm³/mol. The molecule has 0 radical (unpaired) electrons. The van der Waals surface area contributed by atoms with Gasteiger partial charge in [-0.2, -0.15) is 5.11 Å². The number of hydrazine groups is 1. The predicted octanol–water partition coefficient (Wildman–Crippen LogP) is 1.40. The smallest absolute Gasteiger partial charge is 0.270 e. The molecule has 20 heavy (non-hydrogen) atoms. The van der Waals surface area contributed by atoms with E-state index in [0.29, 0.717) is 18.2 Å². The van der Waals surface area contributed by atoms with Crippen LogP contribution < -0.4 is 0 Å². The van der Waals surface area contributed by atoms with Crippen LogP contribution in [0.5, 0.6) is 0 Å². The lowest BCUT2D eigenvalue weighted by Crippen LogP contribution is -2.41. The van der Waals surface area contributed by atoms with Crippen molar-refractivity contribution in [2.45, 2.75) is 32.7 Å². The van der Waals surface area contributed by atoms with Gasteiger partial charge in [-0.25, -0.2) is 10.0 Å². The number of hydrogen-bond donors (Lipinski definition) is 0. The molecular formula is C11H16N6O2S. The van der Waals surface area contributed by atoms with Crippen molar-refractivity contribution in [1.29, 1.82) is 0 Å². The van der Waals surface area contributed by atoms with Gasteiger partial charge < -0.3 is 0 Å². The molecule has 0 atom stereocenters. The average Bonchev–Trinajstić information content (AvgIpc) is 3.01. The SMILES string of the molecule is CCCN1C(=O)C(N=Nc2nncs2)C(=O)N1CCC. The zero-order valence-corrected chi connectivity index (χ0v) is 12.2. The second-order valence-corrected chi connectivity index (χ2v) is 5.07. The summed E-state index contributed by atoms with van der Waals surface area (Å²) in [4.78, 5) is 24.5. The molecule has 2 heterocycles. The summed E-state index contributed by atoms with van der Waals surface area (Å²) in [5.74, 6) is -0.642. The summed E-state index contributed by atoms with van der Waals surface area (Å²) in [5.41, 5.74) is 1.51. The van der Waals surface area contributed by atoms with Gasteiger partial charge in [0.25, 0.3) is 16.9 Å². The van der Waals surface area contributed by atoms with Gasteiger partial charge in [-0.05, 0) is 12.8 Å². The highest BCUT2D eigenvalue weighted by molar-refractivity contribution is 7.13. The highest BCUT2D eigenvalue weighted by Gasteiger charge is 2.45. The quantitative estimate of drug-likeness (QED) is 0.586. The molecule has 1 aliphatic heterocycles. The van der Waals surface area contributed by atoms with Gasteiger partial charge in [0, 0.05) is 13.1 Å². The van der Waals surface area contributed by atoms with Crippen LogP contribution in [0.2, 0.25) is 0 Å². The van der Waals surface area contributed by atoms with Gasteiger partial charge in [-0.1, -0.05) is 25.2 Å². The zero-order chi connectivity index (χ0) is 14.5. The Kier molecular flexibility index (Phi) is 4.72. The van der Waals surface area contributed by atoms with E-state index in [2.05, 4.69) is 20.4 Å². The second-order valence-electron chi connectivity index (χ2n) is 4.26. The Bertz CT molecular complexity index is 479. The number of azo groups is 1. The molecule has 0 aliphatic carbocycles. The van der Waals surface area contributed by atoms with E-state index in [1.54, 1.807) is 0 Å². The van der Waals surface area contributed by atoms with Gasteiger partial charge in [0.1, 0.15) is 5.51 Å². The standard InChI is InChI=1S/C11H16N6O2S/c1-3-5-16-9(18)8(10(19)17(16)6-4-2)13-15-11-14-12-7-20-11/h7-8H,3-6H2,1-2H3. The van der Waals surface area contributed by atoms with Crippen LogP contribution in [0.15, 0.2) is 15.7 Å². The van der Waals surface area contributed by atoms with Crippen molar-refractivity contribution in [3.8, 4) is 0 Å². The molecule has 1 fully saturated rings. The fourth-order valence-corrected chi connectivity index (χ4v) is 2.31. The van der Waals surface area contributed by atoms with Crippen LogP contribution in [0, 0.1) is 0 Å². The molecule has 2 amide bonds. The summed E-state index contributed by atoms with van der Waals surface area (Å²) in [6, 6.07) is -1.09. The minimum Gasteiger partial charge on any atom is -0.270 e. The molecule has 0 unspecified atom stereocenters. The summed E-state index contributed by atoms with van der Waals surface area (Å²) in [7, 11) is 0. The van der Waals surface area contributed by atoms with Crippen LogP contribution in [-0.2, 0) is 9.59 Å². The molecule has 0 bridgehead atoms. The van der Waals surface area contributed by atoms with Crippen LogP contribution >= 0.6 is 11.3 Å². The molecule has 0 N–H and O–H groups in total. The van der Waals surface area contributed by atoms with Crippen LogP contribution in [0.3, 0.4) is 0 Å². The fourth-order valence-electron chi connectivity index (χ4n) is 1.93. The number of rotatable bonds is 6. The van der Waals surface area contributed by atoms with Gasteiger partial charge in [-0.15, -0.1) is 15.3 Å². The van der Waals surface area contributed by atoms with Crippen LogP contribution in [0.25, 0.3) is 0 Å². The first kappa shape index (κ1) is 14.5. The minimum atomic E-state index is -1.09. The Hall–Kier alpha value is -1.90. The highest BCUT2D eigenvalue weighted by Crippen LogP contribution is 2.21. The van der Waals surface area contributed by atoms with E-state index < -0.39 is 6.04 Å². The Balaban J connectivity index is 2.16. The van der Waals surface area contributed by atoms with Crippen LogP contribution in [0.1, 0.15) is 26.7 Å². The molecule has 8 nitrogen and oxygen atoms in total. The van der Waals surface area contributed by atoms with E-state index in [9.17, 15) is 9.59 Å². The lowest BCUT2D eigenvalue weighted by atomic mass is 10.3. The maximum absolute atomic E-state index is 12.2. The highest BCUT2D eigenvalue weighted by atomic mass is 32.1. The Morgan fingerprint density at radius 1 is 1.20 bits per heavy atom. The van der Waals surface area contributed by atoms with E-state index in [1.807, 2.05) is 13.8 Å². The van der Waals surface area contributed by atoms with E-state index in [0.717, 1.165) is 12.8 Å². The first-order valence-electron chi connectivity index (χ1n) is 6.48. The fraction of sp³-hybridized carbons (Fsp3) is 0.636. The third-order valence-corrected chi connectivity index (χ3v) is 3.32. The molecule has 1 aromatic heterocycles. The lowest BCUT2D eigenvalue weighted by Gasteiger charge is -2.26. The Labute approximate surface area is 120 Å². The molecule has 0 aromatic carbocycles. The van der Waals surface area contributed by atoms with Crippen LogP contribution in [0.4, 0.5) is 5.13 Å². The normalized spacial score (nSPS) is 16.9. The maximum Gasteiger partial charge on any atom is 0.277 e. The first-order chi connectivity index (χ1) is 9.69. The van der Waals surface area contributed by atoms with Crippen molar-refractivity contribution in [3.05, 3.63) is 5.51 Å². The monoisotopic (exact) mass is 296 g/mol. The van der Waals surface area contributed by atoms with E-state index in [-0.39, 0.29) is 11.8 Å². The van der Waals surface area contributed by atoms with Crippen LogP contribution in [-0.4, -0.2) is 51.2 Å². The third kappa shape index (κ3) is 2.82. The topological polar surface area (TPSA) is 91.1 Å². The molecule has 0 spiro atoms. The molecule has 9 heteroatoms. The summed E-state index contributed by atoms with van der Waals surface area (Å²) in [6.45, 7) is 4.93. The van der Waals surface area contributed by atoms with Crippen molar-refractivity contribution >= 4 is 28.3 Å². The van der Waals surface area contributed by atoms with E-state index in [1.165, 1.54) is 26.9 Å². The van der Waals surface area contributed by atoms with Gasteiger partial charge in [0.15, 0.2) is 0 Å². The van der Waals surface area contributed by atoms with Crippen molar-refractivity contribution in [1.82, 2.24) is 20.2 Å². The maximum atomic E-state index is 12.2. The Morgan fingerprint density at radius 2 is 1.80 bits per heavy atom. The number of amides is 2. The molecule has 2 rings (SSSR count). The second kappa shape index (κ2) is 6.51. The molecule has 1 saturated heterocycles. The zero-order valence-electron chi connectivity index (χ0n) is 11.4. The molecular weight excluding hydrogens is 280 g/mol. The van der Waals surface area contributed by atoms with Gasteiger partial charge in [0.05, 0.1) is 0 Å². The Morgan fingerprint density at radius 3 is 2.25 bits per heavy atom. The van der Waals surface area contributed by atoms with Crippen molar-refractivity contribution in [3.63, 3.8) is 0 Å². The minimum absolute atomic E-state index is 0.321. The van der Waals surface area contributed by atoms with Crippen molar-refractivity contribution < 1.29 is 9.59 Å². The lowest BCUT2D eigenvalue weighted by molar-refractivity contribution is -0.146. The van der Waals surface area contributed by atoms with Gasteiger partial charge in [-0.3, -0.25) is 9.59 Å². The summed E-state index contributed by atoms with van der Waals surface area (Å²) < 4.78 is 0. The van der Waals surface area contributed by atoms with E-state index >= 15 is 0 Å². The van der Waals surface area contributed by atoms with Crippen molar-refractivity contribution in [2.24, 2.45) is 10.2 Å². The summed E-state index contributed by atoms with van der Waals surface area (Å²) in [5, 5.41) is 18.2. The average molecular weight is 296 g/mol. The van der Waals surface area contributed by atoms with Crippen molar-refractivity contribution in [2.75, 3.05) is 13.1 Å². The van der Waals surface area contributed by atoms with Gasteiger partial charge in [0.2, 0.25) is 6.04 Å². The number of aromatic nitrogens is 2. The largest absolute Gasteiger partial charge is 0.277 e. The third-order valence-electron chi connectivity index (χ3n) is 2.75. The number of carbonyl (C=O) groups is 2. The molecule has 1 aromatic rings. The first-order valence-corrected chi connectivity index (χ1v) is 7.36. The van der Waals surface area contributed by atoms with E-state index in [4.69, 9.17) is 0 Å². The summed E-state index contributed by atoms with van der Waals surface area (Å²) in [6.07, 6.45) is 1.55. The molecule has 0 saturated carbocycles. The van der Waals surface area contributed by atoms with Gasteiger partial charge >= 0.3 is 0 Å². The number of nitrogens with zero attached hydrogens (tertiary/aromatic N) is 6. The molecule has 1 aliphatic rings. The number of hydrogen-bond acceptors (Lipinski definition) is 7.